The van der Waals surface area contributed by atoms with Crippen LogP contribution < -0.4 is 0 Å². The third-order valence-corrected chi connectivity index (χ3v) is 10.5. The highest BCUT2D eigenvalue weighted by Gasteiger charge is 2.75. The first-order valence-electron chi connectivity index (χ1n) is 16.5. The van der Waals surface area contributed by atoms with E-state index in [0.29, 0.717) is 32.5 Å². The highest BCUT2D eigenvalue weighted by molar-refractivity contribution is 5.99. The molecule has 2 bridgehead atoms. The van der Waals surface area contributed by atoms with Crippen molar-refractivity contribution < 1.29 is 24.2 Å². The van der Waals surface area contributed by atoms with Gasteiger partial charge in [0.1, 0.15) is 11.6 Å². The Bertz CT molecular complexity index is 1390. The first-order chi connectivity index (χ1) is 21.9. The molecule has 45 heavy (non-hydrogen) atoms. The van der Waals surface area contributed by atoms with Crippen LogP contribution in [0.1, 0.15) is 62.1 Å². The summed E-state index contributed by atoms with van der Waals surface area (Å²) in [7, 11) is 0. The fourth-order valence-electron chi connectivity index (χ4n) is 8.53. The quantitative estimate of drug-likeness (QED) is 0.353. The van der Waals surface area contributed by atoms with Gasteiger partial charge in [0.05, 0.1) is 30.6 Å². The van der Waals surface area contributed by atoms with E-state index in [1.54, 1.807) is 22.0 Å². The number of likely N-dealkylation sites (tertiary alicyclic amines) is 1. The third-order valence-electron chi connectivity index (χ3n) is 10.5. The van der Waals surface area contributed by atoms with Crippen molar-refractivity contribution in [1.82, 2.24) is 14.7 Å². The Morgan fingerprint density at radius 2 is 1.62 bits per heavy atom. The van der Waals surface area contributed by atoms with Crippen LogP contribution in [0.15, 0.2) is 86.0 Å². The number of benzene rings is 2. The average molecular weight is 612 g/mol. The van der Waals surface area contributed by atoms with Crippen molar-refractivity contribution in [1.29, 1.82) is 0 Å². The molecule has 1 N–H and O–H groups in total. The van der Waals surface area contributed by atoms with E-state index in [9.17, 15) is 19.5 Å². The Hall–Kier alpha value is -3.75. The second-order valence-corrected chi connectivity index (χ2v) is 13.0. The van der Waals surface area contributed by atoms with Gasteiger partial charge in [0, 0.05) is 25.7 Å². The molecule has 4 fully saturated rings. The summed E-state index contributed by atoms with van der Waals surface area (Å²) in [6.45, 7) is 8.57. The van der Waals surface area contributed by atoms with E-state index in [-0.39, 0.29) is 30.4 Å². The summed E-state index contributed by atoms with van der Waals surface area (Å²) < 4.78 is 6.79. The van der Waals surface area contributed by atoms with Gasteiger partial charge in [-0.25, -0.2) is 0 Å². The number of ether oxygens (including phenoxy) is 1. The average Bonchev–Trinajstić information content (AvgIpc) is 3.72. The molecule has 3 amide bonds. The van der Waals surface area contributed by atoms with Gasteiger partial charge in [-0.15, -0.1) is 13.2 Å². The molecule has 6 rings (SSSR count). The molecule has 2 aromatic rings. The Morgan fingerprint density at radius 1 is 0.956 bits per heavy atom. The lowest BCUT2D eigenvalue weighted by molar-refractivity contribution is -0.153. The summed E-state index contributed by atoms with van der Waals surface area (Å²) in [5, 5.41) is 10.8. The number of fused-ring (bicyclic) bond motifs is 1. The number of hydrogen-bond donors (Lipinski definition) is 1. The van der Waals surface area contributed by atoms with E-state index in [1.807, 2.05) is 65.6 Å². The van der Waals surface area contributed by atoms with E-state index in [1.165, 1.54) is 0 Å². The molecule has 2 aromatic carbocycles. The Kier molecular flexibility index (Phi) is 9.24. The Morgan fingerprint density at radius 3 is 2.27 bits per heavy atom. The lowest BCUT2D eigenvalue weighted by Gasteiger charge is -2.42. The lowest BCUT2D eigenvalue weighted by atomic mass is 9.70. The zero-order valence-corrected chi connectivity index (χ0v) is 26.0. The molecule has 2 unspecified atom stereocenters. The maximum atomic E-state index is 14.9. The molecular formula is C37H45N3O5. The second kappa shape index (κ2) is 13.3. The number of aliphatic hydroxyl groups is 1. The van der Waals surface area contributed by atoms with Gasteiger partial charge in [0.25, 0.3) is 0 Å². The molecule has 8 heteroatoms. The van der Waals surface area contributed by atoms with Crippen molar-refractivity contribution in [3.63, 3.8) is 0 Å². The molecule has 3 aliphatic heterocycles. The summed E-state index contributed by atoms with van der Waals surface area (Å²) >= 11 is 0. The fraction of sp³-hybridized carbons (Fsp3) is 0.486. The van der Waals surface area contributed by atoms with Gasteiger partial charge < -0.3 is 24.5 Å². The van der Waals surface area contributed by atoms with Crippen LogP contribution in [0, 0.1) is 11.8 Å². The summed E-state index contributed by atoms with van der Waals surface area (Å²) in [6.07, 6.45) is 9.13. The zero-order chi connectivity index (χ0) is 31.6. The highest BCUT2D eigenvalue weighted by atomic mass is 16.5. The zero-order valence-electron chi connectivity index (χ0n) is 26.0. The number of rotatable bonds is 12. The highest BCUT2D eigenvalue weighted by Crippen LogP contribution is 2.60. The Labute approximate surface area is 266 Å². The van der Waals surface area contributed by atoms with Crippen LogP contribution in [-0.2, 0) is 25.7 Å². The van der Waals surface area contributed by atoms with Crippen LogP contribution in [0.3, 0.4) is 0 Å². The van der Waals surface area contributed by atoms with Gasteiger partial charge >= 0.3 is 0 Å². The number of carbonyl (C=O) groups is 3. The van der Waals surface area contributed by atoms with Gasteiger partial charge in [-0.2, -0.15) is 0 Å². The smallest absolute Gasteiger partial charge is 0.248 e. The van der Waals surface area contributed by atoms with Crippen LogP contribution in [0.2, 0.25) is 0 Å². The van der Waals surface area contributed by atoms with Crippen molar-refractivity contribution in [3.05, 3.63) is 97.1 Å². The maximum Gasteiger partial charge on any atom is 0.248 e. The molecule has 8 nitrogen and oxygen atoms in total. The van der Waals surface area contributed by atoms with Crippen LogP contribution in [0.5, 0.6) is 0 Å². The maximum absolute atomic E-state index is 14.9. The monoisotopic (exact) mass is 611 g/mol. The fourth-order valence-corrected chi connectivity index (χ4v) is 8.53. The normalized spacial score (nSPS) is 28.0. The van der Waals surface area contributed by atoms with Crippen molar-refractivity contribution in [2.75, 3.05) is 19.7 Å². The van der Waals surface area contributed by atoms with Crippen LogP contribution in [0.25, 0.3) is 0 Å². The number of hydrogen-bond acceptors (Lipinski definition) is 5. The molecule has 4 aliphatic rings. The van der Waals surface area contributed by atoms with Crippen molar-refractivity contribution in [2.45, 2.75) is 81.3 Å². The lowest BCUT2D eigenvalue weighted by Crippen LogP contribution is -2.59. The standard InChI is InChI=1S/C37H45N3O5/c1-3-22-38(24-26-14-8-5-9-15-26)34(42)31-30-20-21-37(45-30)32(31)35(43)40(29(25-41)27-16-10-6-11-17-27)33(37)36(44)39(23-4-2)28-18-12-7-13-19-28/h3-6,8-11,14-17,28-33,41H,1-2,7,12-13,18-25H2/t29-,30-,31+,32+,33?,37?/m1/s1. The molecule has 1 spiro atoms. The van der Waals surface area contributed by atoms with E-state index in [2.05, 4.69) is 13.2 Å². The summed E-state index contributed by atoms with van der Waals surface area (Å²) in [4.78, 5) is 49.4. The SMILES string of the molecule is C=CCN(Cc1ccccc1)C(=O)[C@@H]1[C@H]2C(=O)N([C@H](CO)c3ccccc3)C(C(=O)N(CC=C)C3CCCCC3)C23CC[C@H]1O3. The van der Waals surface area contributed by atoms with Gasteiger partial charge in [0.15, 0.2) is 0 Å². The second-order valence-electron chi connectivity index (χ2n) is 13.0. The van der Waals surface area contributed by atoms with Crippen molar-refractivity contribution >= 4 is 17.7 Å². The first-order valence-corrected chi connectivity index (χ1v) is 16.5. The molecule has 0 radical (unpaired) electrons. The topological polar surface area (TPSA) is 90.4 Å². The van der Waals surface area contributed by atoms with Gasteiger partial charge in [0.2, 0.25) is 17.7 Å². The van der Waals surface area contributed by atoms with Gasteiger partial charge in [-0.05, 0) is 36.8 Å². The van der Waals surface area contributed by atoms with E-state index < -0.39 is 35.6 Å². The van der Waals surface area contributed by atoms with Crippen molar-refractivity contribution in [3.8, 4) is 0 Å². The summed E-state index contributed by atoms with van der Waals surface area (Å²) in [5.74, 6) is -2.18. The van der Waals surface area contributed by atoms with Crippen LogP contribution in [0.4, 0.5) is 0 Å². The van der Waals surface area contributed by atoms with Crippen LogP contribution >= 0.6 is 0 Å². The molecule has 1 aliphatic carbocycles. The number of aliphatic hydroxyl groups excluding tert-OH is 1. The molecule has 238 valence electrons. The van der Waals surface area contributed by atoms with Gasteiger partial charge in [-0.3, -0.25) is 14.4 Å². The molecule has 1 saturated carbocycles. The predicted molar refractivity (Wildman–Crippen MR) is 172 cm³/mol. The minimum atomic E-state index is -1.15. The molecular weight excluding hydrogens is 566 g/mol. The predicted octanol–water partition coefficient (Wildman–Crippen LogP) is 4.66. The van der Waals surface area contributed by atoms with E-state index >= 15 is 0 Å². The minimum absolute atomic E-state index is 0.0472. The largest absolute Gasteiger partial charge is 0.394 e. The molecule has 0 aromatic heterocycles. The van der Waals surface area contributed by atoms with Crippen molar-refractivity contribution in [2.24, 2.45) is 11.8 Å². The number of carbonyl (C=O) groups excluding carboxylic acids is 3. The third kappa shape index (κ3) is 5.52. The minimum Gasteiger partial charge on any atom is -0.394 e. The van der Waals surface area contributed by atoms with Gasteiger partial charge in [-0.1, -0.05) is 92.1 Å². The van der Waals surface area contributed by atoms with Crippen LogP contribution in [-0.4, -0.2) is 81.0 Å². The molecule has 6 atom stereocenters. The summed E-state index contributed by atoms with van der Waals surface area (Å²) in [6, 6.07) is 17.5. The number of nitrogens with zero attached hydrogens (tertiary/aromatic N) is 3. The summed E-state index contributed by atoms with van der Waals surface area (Å²) in [5.41, 5.74) is 0.573. The first kappa shape index (κ1) is 31.2. The molecule has 3 saturated heterocycles. The van der Waals surface area contributed by atoms with E-state index in [0.717, 1.165) is 43.2 Å². The number of amides is 3. The molecule has 3 heterocycles. The van der Waals surface area contributed by atoms with E-state index in [4.69, 9.17) is 4.74 Å². The Balaban J connectivity index is 1.41.